The largest absolute Gasteiger partial charge is 0.493 e. The van der Waals surface area contributed by atoms with Gasteiger partial charge in [0.05, 0.1) is 23.9 Å². The van der Waals surface area contributed by atoms with Gasteiger partial charge >= 0.3 is 0 Å². The molecule has 4 rings (SSSR count). The topological polar surface area (TPSA) is 63.7 Å². The van der Waals surface area contributed by atoms with Crippen LogP contribution in [0, 0.1) is 0 Å². The second-order valence-electron chi connectivity index (χ2n) is 6.63. The summed E-state index contributed by atoms with van der Waals surface area (Å²) in [5.74, 6) is 0.981. The standard InChI is InChI=1S/C21H23N3O3S/c1-3-27-17-9-6-14(12-18(17)26-2)20(25)22-15-7-8-16-19(13-15)28-21(23-16)24-10-4-5-11-24/h6-9,12-13H,3-5,10-11H2,1-2H3,(H,22,25). The van der Waals surface area contributed by atoms with E-state index in [-0.39, 0.29) is 5.91 Å². The molecule has 0 unspecified atom stereocenters. The lowest BCUT2D eigenvalue weighted by Crippen LogP contribution is -2.16. The van der Waals surface area contributed by atoms with Crippen LogP contribution < -0.4 is 19.7 Å². The van der Waals surface area contributed by atoms with E-state index in [0.29, 0.717) is 23.7 Å². The number of nitrogens with zero attached hydrogens (tertiary/aromatic N) is 2. The smallest absolute Gasteiger partial charge is 0.255 e. The van der Waals surface area contributed by atoms with E-state index in [1.54, 1.807) is 36.6 Å². The van der Waals surface area contributed by atoms with Gasteiger partial charge < -0.3 is 19.7 Å². The third-order valence-electron chi connectivity index (χ3n) is 4.74. The van der Waals surface area contributed by atoms with E-state index >= 15 is 0 Å². The van der Waals surface area contributed by atoms with E-state index in [9.17, 15) is 4.79 Å². The Kier molecular flexibility index (Phi) is 5.34. The number of aromatic nitrogens is 1. The zero-order chi connectivity index (χ0) is 19.5. The number of fused-ring (bicyclic) bond motifs is 1. The van der Waals surface area contributed by atoms with Crippen molar-refractivity contribution in [3.8, 4) is 11.5 Å². The van der Waals surface area contributed by atoms with Crippen LogP contribution in [0.2, 0.25) is 0 Å². The monoisotopic (exact) mass is 397 g/mol. The minimum atomic E-state index is -0.190. The molecule has 7 heteroatoms. The number of amides is 1. The van der Waals surface area contributed by atoms with Crippen molar-refractivity contribution in [1.29, 1.82) is 0 Å². The lowest BCUT2D eigenvalue weighted by molar-refractivity contribution is 0.102. The van der Waals surface area contributed by atoms with Gasteiger partial charge in [-0.1, -0.05) is 11.3 Å². The van der Waals surface area contributed by atoms with Gasteiger partial charge in [0.25, 0.3) is 5.91 Å². The quantitative estimate of drug-likeness (QED) is 0.661. The van der Waals surface area contributed by atoms with E-state index < -0.39 is 0 Å². The van der Waals surface area contributed by atoms with Crippen molar-refractivity contribution in [2.24, 2.45) is 0 Å². The molecular formula is C21H23N3O3S. The lowest BCUT2D eigenvalue weighted by Gasteiger charge is -2.11. The van der Waals surface area contributed by atoms with Gasteiger partial charge in [0.2, 0.25) is 0 Å². The van der Waals surface area contributed by atoms with Crippen LogP contribution >= 0.6 is 11.3 Å². The van der Waals surface area contributed by atoms with Gasteiger partial charge in [0.15, 0.2) is 16.6 Å². The maximum absolute atomic E-state index is 12.7. The highest BCUT2D eigenvalue weighted by Crippen LogP contribution is 2.33. The predicted octanol–water partition coefficient (Wildman–Crippen LogP) is 4.56. The number of methoxy groups -OCH3 is 1. The predicted molar refractivity (Wildman–Crippen MR) is 113 cm³/mol. The summed E-state index contributed by atoms with van der Waals surface area (Å²) in [5.41, 5.74) is 2.23. The van der Waals surface area contributed by atoms with Crippen molar-refractivity contribution >= 4 is 38.3 Å². The van der Waals surface area contributed by atoms with E-state index in [1.165, 1.54) is 12.8 Å². The highest BCUT2D eigenvalue weighted by atomic mass is 32.1. The molecule has 0 aliphatic carbocycles. The number of carbonyl (C=O) groups excluding carboxylic acids is 1. The molecule has 28 heavy (non-hydrogen) atoms. The summed E-state index contributed by atoms with van der Waals surface area (Å²) in [4.78, 5) is 19.7. The van der Waals surface area contributed by atoms with Crippen LogP contribution in [-0.4, -0.2) is 37.7 Å². The Morgan fingerprint density at radius 2 is 2.00 bits per heavy atom. The van der Waals surface area contributed by atoms with E-state index in [1.807, 2.05) is 25.1 Å². The summed E-state index contributed by atoms with van der Waals surface area (Å²) in [6, 6.07) is 11.0. The number of thiazole rings is 1. The van der Waals surface area contributed by atoms with Gasteiger partial charge in [-0.05, 0) is 56.2 Å². The molecule has 2 aromatic carbocycles. The molecule has 1 aromatic heterocycles. The van der Waals surface area contributed by atoms with E-state index in [0.717, 1.165) is 34.1 Å². The molecule has 1 fully saturated rings. The second kappa shape index (κ2) is 8.06. The molecule has 1 amide bonds. The third kappa shape index (κ3) is 3.75. The Morgan fingerprint density at radius 1 is 1.18 bits per heavy atom. The number of benzene rings is 2. The van der Waals surface area contributed by atoms with Crippen molar-refractivity contribution in [3.05, 3.63) is 42.0 Å². The fraction of sp³-hybridized carbons (Fsp3) is 0.333. The Balaban J connectivity index is 1.53. The zero-order valence-corrected chi connectivity index (χ0v) is 16.8. The molecule has 1 aliphatic heterocycles. The summed E-state index contributed by atoms with van der Waals surface area (Å²) in [5, 5.41) is 4.02. The van der Waals surface area contributed by atoms with Gasteiger partial charge in [0, 0.05) is 24.3 Å². The Morgan fingerprint density at radius 3 is 2.75 bits per heavy atom. The van der Waals surface area contributed by atoms with Gasteiger partial charge in [-0.25, -0.2) is 4.98 Å². The van der Waals surface area contributed by atoms with Gasteiger partial charge in [-0.3, -0.25) is 4.79 Å². The summed E-state index contributed by atoms with van der Waals surface area (Å²) in [6.45, 7) is 4.59. The molecule has 6 nitrogen and oxygen atoms in total. The first kappa shape index (κ1) is 18.6. The van der Waals surface area contributed by atoms with Crippen molar-refractivity contribution in [2.45, 2.75) is 19.8 Å². The SMILES string of the molecule is CCOc1ccc(C(=O)Nc2ccc3nc(N4CCCC4)sc3c2)cc1OC. The number of nitrogens with one attached hydrogen (secondary N) is 1. The van der Waals surface area contributed by atoms with Crippen LogP contribution in [-0.2, 0) is 0 Å². The molecule has 0 spiro atoms. The number of ether oxygens (including phenoxy) is 2. The average Bonchev–Trinajstić information content (AvgIpc) is 3.37. The molecule has 0 bridgehead atoms. The van der Waals surface area contributed by atoms with Crippen LogP contribution in [0.5, 0.6) is 11.5 Å². The number of hydrogen-bond acceptors (Lipinski definition) is 6. The Labute approximate surface area is 168 Å². The van der Waals surface area contributed by atoms with Crippen LogP contribution in [0.15, 0.2) is 36.4 Å². The lowest BCUT2D eigenvalue weighted by atomic mass is 10.2. The third-order valence-corrected chi connectivity index (χ3v) is 5.82. The summed E-state index contributed by atoms with van der Waals surface area (Å²) < 4.78 is 11.9. The molecule has 0 saturated carbocycles. The first-order valence-electron chi connectivity index (χ1n) is 9.45. The molecule has 1 aliphatic rings. The molecule has 146 valence electrons. The van der Waals surface area contributed by atoms with Crippen molar-refractivity contribution < 1.29 is 14.3 Å². The fourth-order valence-corrected chi connectivity index (χ4v) is 4.38. The maximum Gasteiger partial charge on any atom is 0.255 e. The van der Waals surface area contributed by atoms with Gasteiger partial charge in [0.1, 0.15) is 0 Å². The highest BCUT2D eigenvalue weighted by molar-refractivity contribution is 7.22. The number of carbonyl (C=O) groups is 1. The first-order valence-corrected chi connectivity index (χ1v) is 10.3. The van der Waals surface area contributed by atoms with Crippen molar-refractivity contribution in [2.75, 3.05) is 37.0 Å². The van der Waals surface area contributed by atoms with Crippen molar-refractivity contribution in [3.63, 3.8) is 0 Å². The molecule has 0 atom stereocenters. The van der Waals surface area contributed by atoms with E-state index in [2.05, 4.69) is 10.2 Å². The Hall–Kier alpha value is -2.80. The summed E-state index contributed by atoms with van der Waals surface area (Å²) in [7, 11) is 1.56. The first-order chi connectivity index (χ1) is 13.7. The summed E-state index contributed by atoms with van der Waals surface area (Å²) in [6.07, 6.45) is 2.45. The molecule has 3 aromatic rings. The van der Waals surface area contributed by atoms with Gasteiger partial charge in [-0.15, -0.1) is 0 Å². The van der Waals surface area contributed by atoms with Crippen molar-refractivity contribution in [1.82, 2.24) is 4.98 Å². The number of rotatable bonds is 6. The maximum atomic E-state index is 12.7. The molecule has 1 saturated heterocycles. The number of anilines is 2. The van der Waals surface area contributed by atoms with Crippen LogP contribution in [0.25, 0.3) is 10.2 Å². The molecule has 1 N–H and O–H groups in total. The van der Waals surface area contributed by atoms with E-state index in [4.69, 9.17) is 14.5 Å². The highest BCUT2D eigenvalue weighted by Gasteiger charge is 2.17. The number of hydrogen-bond donors (Lipinski definition) is 1. The second-order valence-corrected chi connectivity index (χ2v) is 7.63. The van der Waals surface area contributed by atoms with Gasteiger partial charge in [-0.2, -0.15) is 0 Å². The molecular weight excluding hydrogens is 374 g/mol. The normalized spacial score (nSPS) is 13.7. The minimum Gasteiger partial charge on any atom is -0.493 e. The average molecular weight is 398 g/mol. The van der Waals surface area contributed by atoms with Crippen LogP contribution in [0.3, 0.4) is 0 Å². The fourth-order valence-electron chi connectivity index (χ4n) is 3.32. The summed E-state index contributed by atoms with van der Waals surface area (Å²) >= 11 is 1.67. The van der Waals surface area contributed by atoms with Crippen LogP contribution in [0.4, 0.5) is 10.8 Å². The molecule has 0 radical (unpaired) electrons. The van der Waals surface area contributed by atoms with Crippen LogP contribution in [0.1, 0.15) is 30.1 Å². The molecule has 2 heterocycles. The Bertz CT molecular complexity index is 996. The zero-order valence-electron chi connectivity index (χ0n) is 16.0. The minimum absolute atomic E-state index is 0.190.